The van der Waals surface area contributed by atoms with Gasteiger partial charge in [0.15, 0.2) is 0 Å². The minimum Gasteiger partial charge on any atom is -0.493 e. The van der Waals surface area contributed by atoms with Gasteiger partial charge in [-0.05, 0) is 30.4 Å². The molecule has 0 fully saturated rings. The Kier molecular flexibility index (Phi) is 3.35. The second-order valence-corrected chi connectivity index (χ2v) is 5.67. The smallest absolute Gasteiger partial charge is 0.123 e. The van der Waals surface area contributed by atoms with Crippen LogP contribution in [0.1, 0.15) is 22.8 Å². The van der Waals surface area contributed by atoms with Crippen molar-refractivity contribution in [3.05, 3.63) is 52.2 Å². The number of hydrogen-bond acceptors (Lipinski definition) is 3. The first-order chi connectivity index (χ1) is 8.84. The number of para-hydroxylation sites is 1. The molecule has 18 heavy (non-hydrogen) atoms. The molecule has 0 spiro atoms. The monoisotopic (exact) mass is 260 g/mol. The van der Waals surface area contributed by atoms with E-state index in [0.717, 1.165) is 24.2 Å². The number of aliphatic hydroxyl groups is 1. The van der Waals surface area contributed by atoms with Gasteiger partial charge in [-0.2, -0.15) is 0 Å². The van der Waals surface area contributed by atoms with Crippen LogP contribution in [0.3, 0.4) is 0 Å². The Hall–Kier alpha value is -1.32. The second kappa shape index (κ2) is 5.12. The van der Waals surface area contributed by atoms with Gasteiger partial charge in [-0.3, -0.25) is 0 Å². The summed E-state index contributed by atoms with van der Waals surface area (Å²) in [5, 5.41) is 12.4. The van der Waals surface area contributed by atoms with Gasteiger partial charge in [-0.1, -0.05) is 24.3 Å². The molecule has 0 saturated heterocycles. The summed E-state index contributed by atoms with van der Waals surface area (Å²) in [5.74, 6) is 1.05. The van der Waals surface area contributed by atoms with E-state index in [1.165, 1.54) is 4.88 Å². The second-order valence-electron chi connectivity index (χ2n) is 4.64. The molecule has 1 aromatic carbocycles. The third-order valence-corrected chi connectivity index (χ3v) is 4.40. The number of fused-ring (bicyclic) bond motifs is 1. The van der Waals surface area contributed by atoms with Gasteiger partial charge in [0.05, 0.1) is 12.7 Å². The molecule has 2 nitrogen and oxygen atoms in total. The molecule has 0 aliphatic carbocycles. The Bertz CT molecular complexity index is 507. The molecule has 1 aromatic heterocycles. The van der Waals surface area contributed by atoms with E-state index in [1.807, 2.05) is 18.2 Å². The number of benzene rings is 1. The van der Waals surface area contributed by atoms with E-state index in [0.29, 0.717) is 6.61 Å². The first-order valence-corrected chi connectivity index (χ1v) is 7.15. The molecule has 1 aliphatic heterocycles. The van der Waals surface area contributed by atoms with Crippen LogP contribution in [0.5, 0.6) is 5.75 Å². The Balaban J connectivity index is 1.65. The van der Waals surface area contributed by atoms with Gasteiger partial charge in [-0.25, -0.2) is 0 Å². The summed E-state index contributed by atoms with van der Waals surface area (Å²) in [4.78, 5) is 1.33. The molecular weight excluding hydrogens is 244 g/mol. The van der Waals surface area contributed by atoms with Gasteiger partial charge < -0.3 is 9.84 Å². The first-order valence-electron chi connectivity index (χ1n) is 6.27. The maximum atomic E-state index is 10.3. The molecule has 94 valence electrons. The average molecular weight is 260 g/mol. The molecule has 3 rings (SSSR count). The van der Waals surface area contributed by atoms with Crippen LogP contribution in [0.2, 0.25) is 0 Å². The van der Waals surface area contributed by atoms with E-state index in [2.05, 4.69) is 23.6 Å². The van der Waals surface area contributed by atoms with Crippen molar-refractivity contribution in [2.45, 2.75) is 24.9 Å². The lowest BCUT2D eigenvalue weighted by Gasteiger charge is -2.16. The first kappa shape index (κ1) is 11.8. The van der Waals surface area contributed by atoms with Crippen molar-refractivity contribution in [2.75, 3.05) is 6.61 Å². The van der Waals surface area contributed by atoms with Crippen molar-refractivity contribution in [3.8, 4) is 5.75 Å². The summed E-state index contributed by atoms with van der Waals surface area (Å²) < 4.78 is 5.61. The summed E-state index contributed by atoms with van der Waals surface area (Å²) in [5.41, 5.74) is 1.15. The van der Waals surface area contributed by atoms with Gasteiger partial charge in [-0.15, -0.1) is 11.3 Å². The van der Waals surface area contributed by atoms with E-state index in [4.69, 9.17) is 4.74 Å². The van der Waals surface area contributed by atoms with Gasteiger partial charge in [0.2, 0.25) is 0 Å². The number of aliphatic hydroxyl groups excluding tert-OH is 1. The average Bonchev–Trinajstić information content (AvgIpc) is 3.05. The molecule has 2 atom stereocenters. The summed E-state index contributed by atoms with van der Waals surface area (Å²) in [6.45, 7) is 0.602. The maximum absolute atomic E-state index is 10.3. The molecule has 2 aromatic rings. The van der Waals surface area contributed by atoms with Crippen molar-refractivity contribution in [1.82, 2.24) is 0 Å². The van der Waals surface area contributed by atoms with Gasteiger partial charge in [0.25, 0.3) is 0 Å². The van der Waals surface area contributed by atoms with Crippen molar-refractivity contribution in [1.29, 1.82) is 0 Å². The molecule has 0 amide bonds. The van der Waals surface area contributed by atoms with Crippen molar-refractivity contribution in [3.63, 3.8) is 0 Å². The maximum Gasteiger partial charge on any atom is 0.123 e. The number of aryl methyl sites for hydroxylation is 1. The van der Waals surface area contributed by atoms with Gasteiger partial charge in [0, 0.05) is 16.4 Å². The van der Waals surface area contributed by atoms with Crippen molar-refractivity contribution >= 4 is 11.3 Å². The van der Waals surface area contributed by atoms with Crippen LogP contribution in [-0.2, 0) is 6.42 Å². The molecule has 2 unspecified atom stereocenters. The van der Waals surface area contributed by atoms with E-state index in [-0.39, 0.29) is 12.0 Å². The highest BCUT2D eigenvalue weighted by molar-refractivity contribution is 7.09. The van der Waals surface area contributed by atoms with Crippen LogP contribution in [-0.4, -0.2) is 17.8 Å². The molecule has 3 heteroatoms. The normalized spacial score (nSPS) is 19.3. The number of hydrogen-bond donors (Lipinski definition) is 1. The number of rotatable bonds is 4. The van der Waals surface area contributed by atoms with E-state index >= 15 is 0 Å². The topological polar surface area (TPSA) is 29.5 Å². The molecule has 0 bridgehead atoms. The fraction of sp³-hybridized carbons (Fsp3) is 0.333. The highest BCUT2D eigenvalue weighted by atomic mass is 32.1. The Labute approximate surface area is 111 Å². The van der Waals surface area contributed by atoms with Crippen LogP contribution in [0, 0.1) is 0 Å². The lowest BCUT2D eigenvalue weighted by atomic mass is 9.92. The van der Waals surface area contributed by atoms with Crippen molar-refractivity contribution < 1.29 is 9.84 Å². The van der Waals surface area contributed by atoms with E-state index in [1.54, 1.807) is 11.3 Å². The van der Waals surface area contributed by atoms with Crippen LogP contribution in [0.25, 0.3) is 0 Å². The zero-order valence-corrected chi connectivity index (χ0v) is 10.9. The Morgan fingerprint density at radius 1 is 1.28 bits per heavy atom. The summed E-state index contributed by atoms with van der Waals surface area (Å²) in [6.07, 6.45) is 1.41. The van der Waals surface area contributed by atoms with Gasteiger partial charge >= 0.3 is 0 Å². The SMILES string of the molecule is OC(CCc1cccs1)C1COc2ccccc21. The van der Waals surface area contributed by atoms with E-state index < -0.39 is 0 Å². The number of ether oxygens (including phenoxy) is 1. The summed E-state index contributed by atoms with van der Waals surface area (Å²) in [6, 6.07) is 12.2. The quantitative estimate of drug-likeness (QED) is 0.914. The van der Waals surface area contributed by atoms with Crippen LogP contribution in [0.15, 0.2) is 41.8 Å². The van der Waals surface area contributed by atoms with Crippen LogP contribution < -0.4 is 4.74 Å². The predicted molar refractivity (Wildman–Crippen MR) is 73.3 cm³/mol. The summed E-state index contributed by atoms with van der Waals surface area (Å²) >= 11 is 1.75. The Morgan fingerprint density at radius 2 is 2.17 bits per heavy atom. The fourth-order valence-electron chi connectivity index (χ4n) is 2.45. The standard InChI is InChI=1S/C15H16O2S/c16-14(8-7-11-4-3-9-18-11)13-10-17-15-6-2-1-5-12(13)15/h1-6,9,13-14,16H,7-8,10H2. The van der Waals surface area contributed by atoms with E-state index in [9.17, 15) is 5.11 Å². The minimum atomic E-state index is -0.323. The molecule has 1 aliphatic rings. The zero-order valence-electron chi connectivity index (χ0n) is 10.1. The number of thiophene rings is 1. The van der Waals surface area contributed by atoms with Crippen LogP contribution >= 0.6 is 11.3 Å². The molecule has 0 radical (unpaired) electrons. The third kappa shape index (κ3) is 2.28. The largest absolute Gasteiger partial charge is 0.493 e. The lowest BCUT2D eigenvalue weighted by molar-refractivity contribution is 0.121. The summed E-state index contributed by atoms with van der Waals surface area (Å²) in [7, 11) is 0. The highest BCUT2D eigenvalue weighted by Gasteiger charge is 2.29. The fourth-order valence-corrected chi connectivity index (χ4v) is 3.18. The highest BCUT2D eigenvalue weighted by Crippen LogP contribution is 2.36. The molecule has 1 N–H and O–H groups in total. The predicted octanol–water partition coefficient (Wildman–Crippen LogP) is 3.22. The third-order valence-electron chi connectivity index (χ3n) is 3.47. The molecular formula is C15H16O2S. The molecule has 2 heterocycles. The van der Waals surface area contributed by atoms with Gasteiger partial charge in [0.1, 0.15) is 5.75 Å². The molecule has 0 saturated carbocycles. The lowest BCUT2D eigenvalue weighted by Crippen LogP contribution is -2.20. The minimum absolute atomic E-state index is 0.126. The van der Waals surface area contributed by atoms with Crippen LogP contribution in [0.4, 0.5) is 0 Å². The Morgan fingerprint density at radius 3 is 3.00 bits per heavy atom. The zero-order chi connectivity index (χ0) is 12.4. The van der Waals surface area contributed by atoms with Crippen molar-refractivity contribution in [2.24, 2.45) is 0 Å².